The Balaban J connectivity index is 1.66. The number of aliphatic hydroxyl groups excluding tert-OH is 1. The van der Waals surface area contributed by atoms with Crippen molar-refractivity contribution in [3.63, 3.8) is 0 Å². The van der Waals surface area contributed by atoms with Crippen molar-refractivity contribution in [1.29, 1.82) is 0 Å². The fraction of sp³-hybridized carbons (Fsp3) is 0.833. The van der Waals surface area contributed by atoms with E-state index in [1.165, 1.54) is 0 Å². The van der Waals surface area contributed by atoms with Crippen LogP contribution in [0.2, 0.25) is 0 Å². The van der Waals surface area contributed by atoms with Gasteiger partial charge in [0.2, 0.25) is 0 Å². The largest absolute Gasteiger partial charge is 0.481 e. The molecule has 0 aliphatic heterocycles. The van der Waals surface area contributed by atoms with Gasteiger partial charge in [-0.25, -0.2) is 0 Å². The Kier molecular flexibility index (Phi) is 5.09. The lowest BCUT2D eigenvalue weighted by atomic mass is 9.33. The third-order valence-electron chi connectivity index (χ3n) is 12.7. The van der Waals surface area contributed by atoms with Crippen molar-refractivity contribution >= 4 is 17.5 Å². The van der Waals surface area contributed by atoms with Crippen LogP contribution >= 0.6 is 0 Å². The van der Waals surface area contributed by atoms with Crippen molar-refractivity contribution in [2.45, 2.75) is 106 Å². The van der Waals surface area contributed by atoms with Crippen LogP contribution in [0.5, 0.6) is 0 Å². The highest BCUT2D eigenvalue weighted by atomic mass is 16.4. The fourth-order valence-electron chi connectivity index (χ4n) is 10.3. The summed E-state index contributed by atoms with van der Waals surface area (Å²) < 4.78 is 0. The number of carboxylic acid groups (broad SMARTS) is 1. The maximum absolute atomic E-state index is 13.0. The van der Waals surface area contributed by atoms with E-state index in [1.54, 1.807) is 0 Å². The van der Waals surface area contributed by atoms with Crippen LogP contribution in [0.1, 0.15) is 99.8 Å². The van der Waals surface area contributed by atoms with Gasteiger partial charge in [0.05, 0.1) is 11.5 Å². The number of hydrogen-bond acceptors (Lipinski definition) is 4. The molecule has 0 aromatic rings. The molecule has 0 aromatic carbocycles. The minimum atomic E-state index is -1.07. The molecule has 5 nitrogen and oxygen atoms in total. The maximum Gasteiger partial charge on any atom is 0.310 e. The summed E-state index contributed by atoms with van der Waals surface area (Å²) in [6.07, 6.45) is 6.43. The average Bonchev–Trinajstić information content (AvgIpc) is 2.73. The number of aliphatic hydroxyl groups is 1. The molecular weight excluding hydrogens is 440 g/mol. The minimum absolute atomic E-state index is 0.0189. The molecule has 35 heavy (non-hydrogen) atoms. The molecule has 8 atom stereocenters. The Morgan fingerprint density at radius 3 is 2.23 bits per heavy atom. The van der Waals surface area contributed by atoms with Crippen molar-refractivity contribution in [1.82, 2.24) is 0 Å². The Morgan fingerprint density at radius 1 is 0.943 bits per heavy atom. The minimum Gasteiger partial charge on any atom is -0.481 e. The van der Waals surface area contributed by atoms with E-state index in [4.69, 9.17) is 0 Å². The van der Waals surface area contributed by atoms with Gasteiger partial charge in [-0.3, -0.25) is 14.4 Å². The second kappa shape index (κ2) is 7.08. The fourth-order valence-corrected chi connectivity index (χ4v) is 10.3. The third-order valence-corrected chi connectivity index (χ3v) is 12.7. The average molecular weight is 485 g/mol. The summed E-state index contributed by atoms with van der Waals surface area (Å²) in [6, 6.07) is 0. The van der Waals surface area contributed by atoms with E-state index in [1.807, 2.05) is 19.9 Å². The predicted octanol–water partition coefficient (Wildman–Crippen LogP) is 5.59. The first-order chi connectivity index (χ1) is 16.0. The van der Waals surface area contributed by atoms with Gasteiger partial charge in [0.15, 0.2) is 0 Å². The summed E-state index contributed by atoms with van der Waals surface area (Å²) in [7, 11) is 0. The van der Waals surface area contributed by atoms with Gasteiger partial charge in [-0.2, -0.15) is 0 Å². The molecule has 0 unspecified atom stereocenters. The molecule has 0 bridgehead atoms. The molecule has 0 saturated heterocycles. The van der Waals surface area contributed by atoms with Gasteiger partial charge in [0, 0.05) is 29.6 Å². The van der Waals surface area contributed by atoms with Crippen molar-refractivity contribution in [2.24, 2.45) is 50.2 Å². The van der Waals surface area contributed by atoms with Gasteiger partial charge in [-0.05, 0) is 66.6 Å². The molecule has 0 radical (unpaired) electrons. The van der Waals surface area contributed by atoms with Crippen molar-refractivity contribution in [3.8, 4) is 0 Å². The highest BCUT2D eigenvalue weighted by Crippen LogP contribution is 2.75. The summed E-state index contributed by atoms with van der Waals surface area (Å²) in [5.74, 6) is -0.466. The van der Waals surface area contributed by atoms with E-state index in [2.05, 4.69) is 34.6 Å². The van der Waals surface area contributed by atoms with E-state index < -0.39 is 28.3 Å². The Morgan fingerprint density at radius 2 is 1.60 bits per heavy atom. The number of hydrogen-bond donors (Lipinski definition) is 2. The van der Waals surface area contributed by atoms with Crippen LogP contribution in [0.25, 0.3) is 0 Å². The van der Waals surface area contributed by atoms with Crippen LogP contribution in [0.3, 0.4) is 0 Å². The number of allylic oxidation sites excluding steroid dienone is 1. The first kappa shape index (κ1) is 25.2. The predicted molar refractivity (Wildman–Crippen MR) is 133 cm³/mol. The van der Waals surface area contributed by atoms with Crippen LogP contribution in [-0.2, 0) is 14.4 Å². The molecular formula is C30H44O5. The van der Waals surface area contributed by atoms with E-state index in [0.717, 1.165) is 31.3 Å². The number of carbonyl (C=O) groups excluding carboxylic acids is 2. The molecule has 5 rings (SSSR count). The van der Waals surface area contributed by atoms with Crippen molar-refractivity contribution < 1.29 is 24.6 Å². The first-order valence-electron chi connectivity index (χ1n) is 13.7. The van der Waals surface area contributed by atoms with Crippen LogP contribution in [-0.4, -0.2) is 33.9 Å². The topological polar surface area (TPSA) is 91.7 Å². The SMILES string of the molecule is CC1(C)C[C@H]2C3=C[C@H](O)[C@@H]4[C@@]5(C)CCC(=O)C(C)(C)[C@@H]5CC[C@@]4(C)[C@]3(C)CC[C@@]2(C(=O)O)CC1=O. The van der Waals surface area contributed by atoms with Gasteiger partial charge >= 0.3 is 5.97 Å². The zero-order chi connectivity index (χ0) is 26.0. The Hall–Kier alpha value is -1.49. The Bertz CT molecular complexity index is 1040. The van der Waals surface area contributed by atoms with Crippen molar-refractivity contribution in [3.05, 3.63) is 11.6 Å². The van der Waals surface area contributed by atoms with Crippen LogP contribution < -0.4 is 0 Å². The lowest BCUT2D eigenvalue weighted by molar-refractivity contribution is -0.208. The zero-order valence-corrected chi connectivity index (χ0v) is 22.7. The third kappa shape index (κ3) is 2.88. The molecule has 5 heteroatoms. The number of carboxylic acids is 1. The monoisotopic (exact) mass is 484 g/mol. The number of ketones is 2. The highest BCUT2D eigenvalue weighted by Gasteiger charge is 2.71. The summed E-state index contributed by atoms with van der Waals surface area (Å²) in [6.45, 7) is 15.1. The molecule has 0 amide bonds. The van der Waals surface area contributed by atoms with Gasteiger partial charge in [0.25, 0.3) is 0 Å². The smallest absolute Gasteiger partial charge is 0.310 e. The van der Waals surface area contributed by atoms with Gasteiger partial charge in [-0.1, -0.05) is 60.1 Å². The molecule has 4 fully saturated rings. The highest BCUT2D eigenvalue weighted by molar-refractivity contribution is 5.92. The molecule has 0 spiro atoms. The van der Waals surface area contributed by atoms with Gasteiger partial charge in [0.1, 0.15) is 11.6 Å². The molecule has 5 aliphatic rings. The first-order valence-corrected chi connectivity index (χ1v) is 13.7. The lowest BCUT2D eigenvalue weighted by Crippen LogP contribution is -2.67. The normalized spacial score (nSPS) is 50.2. The number of aliphatic carboxylic acids is 1. The molecule has 4 saturated carbocycles. The second-order valence-corrected chi connectivity index (χ2v) is 14.8. The molecule has 194 valence electrons. The van der Waals surface area contributed by atoms with E-state index >= 15 is 0 Å². The number of fused-ring (bicyclic) bond motifs is 7. The Labute approximate surface area is 210 Å². The van der Waals surface area contributed by atoms with Crippen LogP contribution in [0.15, 0.2) is 11.6 Å². The summed E-state index contributed by atoms with van der Waals surface area (Å²) in [5, 5.41) is 22.3. The summed E-state index contributed by atoms with van der Waals surface area (Å²) >= 11 is 0. The van der Waals surface area contributed by atoms with Gasteiger partial charge < -0.3 is 10.2 Å². The standard InChI is InChI=1S/C30H44O5/c1-25(2)15-18-17-14-19(31)23-27(5)10-9-21(32)26(3,4)20(27)8-11-29(23,7)28(17,6)12-13-30(18,24(34)35)16-22(25)33/h14,18-20,23,31H,8-13,15-16H2,1-7H3,(H,34,35)/t18-,19-,20-,23+,27-,28+,29+,30+/m0/s1. The van der Waals surface area contributed by atoms with Gasteiger partial charge in [-0.15, -0.1) is 0 Å². The number of rotatable bonds is 1. The summed E-state index contributed by atoms with van der Waals surface area (Å²) in [5.41, 5.74) is -1.53. The summed E-state index contributed by atoms with van der Waals surface area (Å²) in [4.78, 5) is 38.7. The quantitative estimate of drug-likeness (QED) is 0.473. The van der Waals surface area contributed by atoms with Crippen LogP contribution in [0.4, 0.5) is 0 Å². The zero-order valence-electron chi connectivity index (χ0n) is 22.7. The number of Topliss-reactive ketones (excluding diaryl/α,β-unsaturated/α-hetero) is 2. The molecule has 0 heterocycles. The van der Waals surface area contributed by atoms with E-state index in [-0.39, 0.29) is 46.2 Å². The second-order valence-electron chi connectivity index (χ2n) is 14.8. The maximum atomic E-state index is 13.0. The number of carbonyl (C=O) groups is 3. The van der Waals surface area contributed by atoms with E-state index in [9.17, 15) is 24.6 Å². The van der Waals surface area contributed by atoms with E-state index in [0.29, 0.717) is 25.0 Å². The van der Waals surface area contributed by atoms with Crippen LogP contribution in [0, 0.1) is 50.2 Å². The molecule has 5 aliphatic carbocycles. The lowest BCUT2D eigenvalue weighted by Gasteiger charge is -2.71. The molecule has 2 N–H and O–H groups in total. The van der Waals surface area contributed by atoms with Crippen molar-refractivity contribution in [2.75, 3.05) is 0 Å². The molecule has 0 aromatic heterocycles.